The van der Waals surface area contributed by atoms with E-state index in [2.05, 4.69) is 9.97 Å². The molecule has 0 aliphatic rings. The smallest absolute Gasteiger partial charge is 0.294 e. The van der Waals surface area contributed by atoms with Gasteiger partial charge in [0.2, 0.25) is 5.58 Å². The number of nitrogens with one attached hydrogen (secondary N) is 1. The third-order valence-corrected chi connectivity index (χ3v) is 4.64. The minimum Gasteiger partial charge on any atom is -0.449 e. The molecule has 0 unspecified atom stereocenters. The fraction of sp³-hybridized carbons (Fsp3) is 0.111. The van der Waals surface area contributed by atoms with E-state index in [-0.39, 0.29) is 11.1 Å². The standard InChI is InChI=1S/C18H14N2O2S/c1-10-7-8-13-12(9-10)15-16(22-13)18(21)20-17(19-15)11-5-3-4-6-14(11)23-2/h3-9H,1-2H3,(H,19,20,21). The maximum atomic E-state index is 12.4. The molecule has 0 saturated heterocycles. The third-order valence-electron chi connectivity index (χ3n) is 3.84. The molecule has 5 heteroatoms. The van der Waals surface area contributed by atoms with E-state index in [0.717, 1.165) is 21.4 Å². The molecule has 0 aliphatic carbocycles. The summed E-state index contributed by atoms with van der Waals surface area (Å²) in [6, 6.07) is 13.7. The highest BCUT2D eigenvalue weighted by Crippen LogP contribution is 2.30. The van der Waals surface area contributed by atoms with Crippen molar-refractivity contribution in [3.63, 3.8) is 0 Å². The highest BCUT2D eigenvalue weighted by Gasteiger charge is 2.15. The average Bonchev–Trinajstić information content (AvgIpc) is 2.93. The molecule has 4 nitrogen and oxygen atoms in total. The number of aromatic amines is 1. The molecule has 0 radical (unpaired) electrons. The second kappa shape index (κ2) is 5.28. The Morgan fingerprint density at radius 1 is 1.17 bits per heavy atom. The van der Waals surface area contributed by atoms with Crippen LogP contribution in [0.5, 0.6) is 0 Å². The molecule has 0 fully saturated rings. The van der Waals surface area contributed by atoms with E-state index < -0.39 is 0 Å². The number of thioether (sulfide) groups is 1. The Balaban J connectivity index is 2.08. The Kier molecular flexibility index (Phi) is 3.23. The lowest BCUT2D eigenvalue weighted by molar-refractivity contribution is 0.661. The van der Waals surface area contributed by atoms with Crippen molar-refractivity contribution >= 4 is 33.8 Å². The van der Waals surface area contributed by atoms with Crippen LogP contribution in [0.1, 0.15) is 5.56 Å². The van der Waals surface area contributed by atoms with Gasteiger partial charge in [0.15, 0.2) is 0 Å². The van der Waals surface area contributed by atoms with Gasteiger partial charge < -0.3 is 9.40 Å². The molecular weight excluding hydrogens is 308 g/mol. The topological polar surface area (TPSA) is 58.9 Å². The van der Waals surface area contributed by atoms with Crippen LogP contribution in [0, 0.1) is 6.92 Å². The number of aromatic nitrogens is 2. The van der Waals surface area contributed by atoms with Crippen molar-refractivity contribution in [3.8, 4) is 11.4 Å². The molecule has 1 N–H and O–H groups in total. The van der Waals surface area contributed by atoms with Crippen molar-refractivity contribution in [2.45, 2.75) is 11.8 Å². The number of hydrogen-bond acceptors (Lipinski definition) is 4. The van der Waals surface area contributed by atoms with Crippen molar-refractivity contribution in [1.82, 2.24) is 9.97 Å². The highest BCUT2D eigenvalue weighted by molar-refractivity contribution is 7.98. The van der Waals surface area contributed by atoms with Crippen LogP contribution in [-0.4, -0.2) is 16.2 Å². The lowest BCUT2D eigenvalue weighted by Gasteiger charge is -2.06. The summed E-state index contributed by atoms with van der Waals surface area (Å²) >= 11 is 1.62. The van der Waals surface area contributed by atoms with Crippen LogP contribution in [0.2, 0.25) is 0 Å². The summed E-state index contributed by atoms with van der Waals surface area (Å²) < 4.78 is 5.67. The molecular formula is C18H14N2O2S. The van der Waals surface area contributed by atoms with Crippen LogP contribution in [0.15, 0.2) is 56.6 Å². The van der Waals surface area contributed by atoms with Crippen LogP contribution in [0.4, 0.5) is 0 Å². The first-order valence-corrected chi connectivity index (χ1v) is 8.46. The molecule has 0 aliphatic heterocycles. The zero-order valence-electron chi connectivity index (χ0n) is 12.7. The lowest BCUT2D eigenvalue weighted by Crippen LogP contribution is -2.08. The average molecular weight is 322 g/mol. The van der Waals surface area contributed by atoms with Gasteiger partial charge in [0, 0.05) is 15.8 Å². The zero-order valence-corrected chi connectivity index (χ0v) is 13.5. The summed E-state index contributed by atoms with van der Waals surface area (Å²) in [5, 5.41) is 0.869. The third kappa shape index (κ3) is 2.24. The summed E-state index contributed by atoms with van der Waals surface area (Å²) in [5.74, 6) is 0.566. The zero-order chi connectivity index (χ0) is 16.0. The molecule has 2 aromatic heterocycles. The lowest BCUT2D eigenvalue weighted by atomic mass is 10.1. The number of H-pyrrole nitrogens is 1. The van der Waals surface area contributed by atoms with Crippen LogP contribution in [-0.2, 0) is 0 Å². The van der Waals surface area contributed by atoms with Crippen molar-refractivity contribution in [2.75, 3.05) is 6.26 Å². The Morgan fingerprint density at radius 3 is 2.83 bits per heavy atom. The quantitative estimate of drug-likeness (QED) is 0.557. The Hall–Kier alpha value is -2.53. The first kappa shape index (κ1) is 14.1. The van der Waals surface area contributed by atoms with Gasteiger partial charge in [-0.25, -0.2) is 4.98 Å². The molecule has 2 aromatic carbocycles. The van der Waals surface area contributed by atoms with Gasteiger partial charge in [0.05, 0.1) is 0 Å². The molecule has 0 saturated carbocycles. The summed E-state index contributed by atoms with van der Waals surface area (Å²) in [6.45, 7) is 2.01. The van der Waals surface area contributed by atoms with E-state index in [9.17, 15) is 4.79 Å². The summed E-state index contributed by atoms with van der Waals surface area (Å²) in [6.07, 6.45) is 2.01. The van der Waals surface area contributed by atoms with E-state index in [4.69, 9.17) is 4.42 Å². The SMILES string of the molecule is CSc1ccccc1-c1nc2c(oc3ccc(C)cc32)c(=O)[nH]1. The van der Waals surface area contributed by atoms with Gasteiger partial charge >= 0.3 is 0 Å². The maximum absolute atomic E-state index is 12.4. The Morgan fingerprint density at radius 2 is 2.00 bits per heavy atom. The molecule has 0 amide bonds. The van der Waals surface area contributed by atoms with Crippen molar-refractivity contribution in [3.05, 3.63) is 58.4 Å². The van der Waals surface area contributed by atoms with Crippen LogP contribution < -0.4 is 5.56 Å². The number of rotatable bonds is 2. The van der Waals surface area contributed by atoms with Gasteiger partial charge in [0.1, 0.15) is 16.9 Å². The molecule has 23 heavy (non-hydrogen) atoms. The largest absolute Gasteiger partial charge is 0.449 e. The number of fused-ring (bicyclic) bond motifs is 3. The number of aryl methyl sites for hydroxylation is 1. The summed E-state index contributed by atoms with van der Waals surface area (Å²) in [5.41, 5.74) is 3.33. The van der Waals surface area contributed by atoms with Crippen LogP contribution in [0.25, 0.3) is 33.5 Å². The first-order valence-electron chi connectivity index (χ1n) is 7.24. The predicted octanol–water partition coefficient (Wildman–Crippen LogP) is 4.37. The van der Waals surface area contributed by atoms with E-state index in [0.29, 0.717) is 16.9 Å². The summed E-state index contributed by atoms with van der Waals surface area (Å²) in [7, 11) is 0. The second-order valence-electron chi connectivity index (χ2n) is 5.39. The van der Waals surface area contributed by atoms with Crippen molar-refractivity contribution in [1.29, 1.82) is 0 Å². The summed E-state index contributed by atoms with van der Waals surface area (Å²) in [4.78, 5) is 21.0. The molecule has 4 aromatic rings. The van der Waals surface area contributed by atoms with E-state index in [1.54, 1.807) is 11.8 Å². The van der Waals surface area contributed by atoms with Crippen molar-refractivity contribution in [2.24, 2.45) is 0 Å². The Bertz CT molecular complexity index is 1100. The van der Waals surface area contributed by atoms with Crippen molar-refractivity contribution < 1.29 is 4.42 Å². The van der Waals surface area contributed by atoms with Gasteiger partial charge in [-0.15, -0.1) is 11.8 Å². The molecule has 0 spiro atoms. The van der Waals surface area contributed by atoms with E-state index >= 15 is 0 Å². The number of furan rings is 1. The highest BCUT2D eigenvalue weighted by atomic mass is 32.2. The van der Waals surface area contributed by atoms with Gasteiger partial charge in [-0.2, -0.15) is 0 Å². The van der Waals surface area contributed by atoms with Crippen LogP contribution in [0.3, 0.4) is 0 Å². The number of nitrogens with zero attached hydrogens (tertiary/aromatic N) is 1. The van der Waals surface area contributed by atoms with Gasteiger partial charge in [0.25, 0.3) is 5.56 Å². The fourth-order valence-electron chi connectivity index (χ4n) is 2.74. The molecule has 0 atom stereocenters. The van der Waals surface area contributed by atoms with Crippen LogP contribution >= 0.6 is 11.8 Å². The number of benzene rings is 2. The first-order chi connectivity index (χ1) is 11.2. The fourth-order valence-corrected chi connectivity index (χ4v) is 3.33. The van der Waals surface area contributed by atoms with Gasteiger partial charge in [-0.05, 0) is 31.4 Å². The van der Waals surface area contributed by atoms with E-state index in [1.165, 1.54) is 0 Å². The van der Waals surface area contributed by atoms with E-state index in [1.807, 2.05) is 55.6 Å². The molecule has 114 valence electrons. The van der Waals surface area contributed by atoms with Gasteiger partial charge in [-0.3, -0.25) is 4.79 Å². The minimum absolute atomic E-state index is 0.255. The van der Waals surface area contributed by atoms with Gasteiger partial charge in [-0.1, -0.05) is 29.8 Å². The minimum atomic E-state index is -0.255. The second-order valence-corrected chi connectivity index (χ2v) is 6.24. The molecule has 2 heterocycles. The molecule has 4 rings (SSSR count). The maximum Gasteiger partial charge on any atom is 0.294 e. The number of hydrogen-bond donors (Lipinski definition) is 1. The normalized spacial score (nSPS) is 11.4. The molecule has 0 bridgehead atoms. The Labute approximate surface area is 136 Å². The monoisotopic (exact) mass is 322 g/mol. The predicted molar refractivity (Wildman–Crippen MR) is 94.1 cm³/mol.